The Balaban J connectivity index is 2.02. The Hall–Kier alpha value is -1.84. The normalized spacial score (nSPS) is 16.8. The molecule has 4 heteroatoms. The van der Waals surface area contributed by atoms with E-state index in [0.29, 0.717) is 6.42 Å². The minimum atomic E-state index is 0.228. The zero-order chi connectivity index (χ0) is 11.8. The molecule has 1 aliphatic rings. The lowest BCUT2D eigenvalue weighted by molar-refractivity contribution is -0.119. The lowest BCUT2D eigenvalue weighted by Crippen LogP contribution is -2.35. The average Bonchev–Trinajstić information content (AvgIpc) is 2.71. The van der Waals surface area contributed by atoms with Crippen LogP contribution in [0.15, 0.2) is 24.5 Å². The highest BCUT2D eigenvalue weighted by molar-refractivity contribution is 5.95. The number of imidazole rings is 1. The Morgan fingerprint density at radius 1 is 1.29 bits per heavy atom. The summed E-state index contributed by atoms with van der Waals surface area (Å²) in [4.78, 5) is 18.0. The largest absolute Gasteiger partial charge is 0.334 e. The van der Waals surface area contributed by atoms with Crippen LogP contribution in [0.3, 0.4) is 0 Å². The number of hydrogen-bond donors (Lipinski definition) is 0. The zero-order valence-electron chi connectivity index (χ0n) is 9.89. The number of anilines is 1. The Morgan fingerprint density at radius 2 is 2.18 bits per heavy atom. The van der Waals surface area contributed by atoms with E-state index in [1.807, 2.05) is 34.7 Å². The molecule has 1 aromatic heterocycles. The van der Waals surface area contributed by atoms with Crippen LogP contribution in [0.5, 0.6) is 0 Å². The van der Waals surface area contributed by atoms with E-state index in [0.717, 1.165) is 36.1 Å². The average molecular weight is 229 g/mol. The smallest absolute Gasteiger partial charge is 0.226 e. The maximum absolute atomic E-state index is 11.8. The molecule has 0 N–H and O–H groups in total. The lowest BCUT2D eigenvalue weighted by Gasteiger charge is -2.26. The first-order valence-corrected chi connectivity index (χ1v) is 5.97. The highest BCUT2D eigenvalue weighted by Gasteiger charge is 2.19. The first-order chi connectivity index (χ1) is 8.25. The summed E-state index contributed by atoms with van der Waals surface area (Å²) in [6.07, 6.45) is 4.57. The SMILES string of the molecule is Cn1cnc2cc(N3CCCCC3=O)ccc21. The molecular formula is C13H15N3O. The number of carbonyl (C=O) groups is 1. The molecule has 0 bridgehead atoms. The van der Waals surface area contributed by atoms with Gasteiger partial charge in [0.25, 0.3) is 0 Å². The van der Waals surface area contributed by atoms with Gasteiger partial charge in [0.2, 0.25) is 5.91 Å². The Morgan fingerprint density at radius 3 is 3.00 bits per heavy atom. The summed E-state index contributed by atoms with van der Waals surface area (Å²) in [5, 5.41) is 0. The van der Waals surface area contributed by atoms with Crippen molar-refractivity contribution in [3.8, 4) is 0 Å². The fourth-order valence-electron chi connectivity index (χ4n) is 2.37. The number of fused-ring (bicyclic) bond motifs is 1. The fourth-order valence-corrected chi connectivity index (χ4v) is 2.37. The summed E-state index contributed by atoms with van der Waals surface area (Å²) >= 11 is 0. The molecular weight excluding hydrogens is 214 g/mol. The van der Waals surface area contributed by atoms with Gasteiger partial charge in [0.1, 0.15) is 0 Å². The summed E-state index contributed by atoms with van der Waals surface area (Å²) < 4.78 is 1.98. The number of benzene rings is 1. The van der Waals surface area contributed by atoms with E-state index in [2.05, 4.69) is 4.98 Å². The molecule has 1 fully saturated rings. The number of amides is 1. The third-order valence-corrected chi connectivity index (χ3v) is 3.34. The molecule has 0 atom stereocenters. The third-order valence-electron chi connectivity index (χ3n) is 3.34. The highest BCUT2D eigenvalue weighted by atomic mass is 16.2. The maximum Gasteiger partial charge on any atom is 0.226 e. The van der Waals surface area contributed by atoms with E-state index in [-0.39, 0.29) is 5.91 Å². The number of hydrogen-bond acceptors (Lipinski definition) is 2. The topological polar surface area (TPSA) is 38.1 Å². The van der Waals surface area contributed by atoms with E-state index in [9.17, 15) is 4.79 Å². The van der Waals surface area contributed by atoms with Gasteiger partial charge < -0.3 is 9.47 Å². The highest BCUT2D eigenvalue weighted by Crippen LogP contribution is 2.24. The Bertz CT molecular complexity index is 573. The molecule has 1 aromatic carbocycles. The van der Waals surface area contributed by atoms with Crippen LogP contribution in [0.25, 0.3) is 11.0 Å². The molecule has 1 aliphatic heterocycles. The van der Waals surface area contributed by atoms with Gasteiger partial charge in [-0.1, -0.05) is 0 Å². The van der Waals surface area contributed by atoms with Gasteiger partial charge in [-0.25, -0.2) is 4.98 Å². The second-order valence-electron chi connectivity index (χ2n) is 4.53. The van der Waals surface area contributed by atoms with Gasteiger partial charge in [-0.15, -0.1) is 0 Å². The van der Waals surface area contributed by atoms with E-state index >= 15 is 0 Å². The van der Waals surface area contributed by atoms with Crippen molar-refractivity contribution < 1.29 is 4.79 Å². The van der Waals surface area contributed by atoms with Crippen molar-refractivity contribution in [1.29, 1.82) is 0 Å². The van der Waals surface area contributed by atoms with Crippen molar-refractivity contribution in [3.05, 3.63) is 24.5 Å². The summed E-state index contributed by atoms with van der Waals surface area (Å²) in [5.74, 6) is 0.228. The van der Waals surface area contributed by atoms with E-state index < -0.39 is 0 Å². The van der Waals surface area contributed by atoms with Gasteiger partial charge >= 0.3 is 0 Å². The molecule has 88 valence electrons. The molecule has 0 aliphatic carbocycles. The number of aryl methyl sites for hydroxylation is 1. The first-order valence-electron chi connectivity index (χ1n) is 5.97. The number of carbonyl (C=O) groups excluding carboxylic acids is 1. The molecule has 1 amide bonds. The number of piperidine rings is 1. The molecule has 4 nitrogen and oxygen atoms in total. The van der Waals surface area contributed by atoms with Gasteiger partial charge in [0.15, 0.2) is 0 Å². The monoisotopic (exact) mass is 229 g/mol. The lowest BCUT2D eigenvalue weighted by atomic mass is 10.1. The van der Waals surface area contributed by atoms with Crippen LogP contribution in [-0.2, 0) is 11.8 Å². The number of nitrogens with zero attached hydrogens (tertiary/aromatic N) is 3. The second kappa shape index (κ2) is 3.87. The van der Waals surface area contributed by atoms with Crippen LogP contribution in [0.1, 0.15) is 19.3 Å². The van der Waals surface area contributed by atoms with Crippen molar-refractivity contribution in [2.24, 2.45) is 7.05 Å². The first kappa shape index (κ1) is 10.3. The van der Waals surface area contributed by atoms with Gasteiger partial charge in [0, 0.05) is 25.7 Å². The van der Waals surface area contributed by atoms with Gasteiger partial charge in [-0.3, -0.25) is 4.79 Å². The van der Waals surface area contributed by atoms with Crippen LogP contribution in [0, 0.1) is 0 Å². The molecule has 0 spiro atoms. The summed E-state index contributed by atoms with van der Waals surface area (Å²) in [6, 6.07) is 6.03. The van der Waals surface area contributed by atoms with Crippen molar-refractivity contribution in [2.75, 3.05) is 11.4 Å². The summed E-state index contributed by atoms with van der Waals surface area (Å²) in [6.45, 7) is 0.831. The fraction of sp³-hybridized carbons (Fsp3) is 0.385. The maximum atomic E-state index is 11.8. The standard InChI is InChI=1S/C13H15N3O/c1-15-9-14-11-8-10(5-6-12(11)15)16-7-3-2-4-13(16)17/h5-6,8-9H,2-4,7H2,1H3. The van der Waals surface area contributed by atoms with Crippen molar-refractivity contribution >= 4 is 22.6 Å². The third kappa shape index (κ3) is 1.69. The van der Waals surface area contributed by atoms with Crippen molar-refractivity contribution in [1.82, 2.24) is 9.55 Å². The van der Waals surface area contributed by atoms with Crippen LogP contribution in [0.4, 0.5) is 5.69 Å². The van der Waals surface area contributed by atoms with E-state index in [1.54, 1.807) is 6.33 Å². The minimum absolute atomic E-state index is 0.228. The van der Waals surface area contributed by atoms with E-state index in [4.69, 9.17) is 0 Å². The molecule has 2 heterocycles. The van der Waals surface area contributed by atoms with Crippen LogP contribution >= 0.6 is 0 Å². The molecule has 3 rings (SSSR count). The predicted molar refractivity (Wildman–Crippen MR) is 66.9 cm³/mol. The van der Waals surface area contributed by atoms with Crippen LogP contribution < -0.4 is 4.90 Å². The summed E-state index contributed by atoms with van der Waals surface area (Å²) in [5.41, 5.74) is 3.02. The number of aromatic nitrogens is 2. The van der Waals surface area contributed by atoms with E-state index in [1.165, 1.54) is 0 Å². The molecule has 1 saturated heterocycles. The predicted octanol–water partition coefficient (Wildman–Crippen LogP) is 2.09. The molecule has 0 unspecified atom stereocenters. The zero-order valence-corrected chi connectivity index (χ0v) is 9.89. The van der Waals surface area contributed by atoms with Gasteiger partial charge in [-0.2, -0.15) is 0 Å². The second-order valence-corrected chi connectivity index (χ2v) is 4.53. The van der Waals surface area contributed by atoms with Crippen molar-refractivity contribution in [2.45, 2.75) is 19.3 Å². The molecule has 2 aromatic rings. The summed E-state index contributed by atoms with van der Waals surface area (Å²) in [7, 11) is 1.97. The van der Waals surface area contributed by atoms with Crippen LogP contribution in [-0.4, -0.2) is 22.0 Å². The van der Waals surface area contributed by atoms with Crippen LogP contribution in [0.2, 0.25) is 0 Å². The van der Waals surface area contributed by atoms with Gasteiger partial charge in [-0.05, 0) is 31.0 Å². The quantitative estimate of drug-likeness (QED) is 0.751. The molecule has 0 saturated carbocycles. The van der Waals surface area contributed by atoms with Crippen molar-refractivity contribution in [3.63, 3.8) is 0 Å². The Kier molecular flexibility index (Phi) is 2.35. The molecule has 17 heavy (non-hydrogen) atoms. The Labute approximate surface area is 99.9 Å². The number of rotatable bonds is 1. The van der Waals surface area contributed by atoms with Gasteiger partial charge in [0.05, 0.1) is 17.4 Å². The molecule has 0 radical (unpaired) electrons. The minimum Gasteiger partial charge on any atom is -0.334 e.